The van der Waals surface area contributed by atoms with Crippen molar-refractivity contribution >= 4 is 29.1 Å². The van der Waals surface area contributed by atoms with Gasteiger partial charge >= 0.3 is 0 Å². The van der Waals surface area contributed by atoms with E-state index in [2.05, 4.69) is 0 Å². The lowest BCUT2D eigenvalue weighted by molar-refractivity contribution is 0.0741. The molecule has 0 radical (unpaired) electrons. The minimum atomic E-state index is -0.0395. The quantitative estimate of drug-likeness (QED) is 0.900. The van der Waals surface area contributed by atoms with Crippen LogP contribution in [-0.2, 0) is 0 Å². The van der Waals surface area contributed by atoms with E-state index >= 15 is 0 Å². The van der Waals surface area contributed by atoms with Crippen LogP contribution in [0.2, 0.25) is 10.0 Å². The molecule has 1 fully saturated rings. The van der Waals surface area contributed by atoms with E-state index in [4.69, 9.17) is 28.9 Å². The maximum Gasteiger partial charge on any atom is 0.254 e. The van der Waals surface area contributed by atoms with Crippen LogP contribution in [0.15, 0.2) is 18.2 Å². The van der Waals surface area contributed by atoms with Crippen molar-refractivity contribution in [1.82, 2.24) is 4.90 Å². The predicted molar refractivity (Wildman–Crippen MR) is 69.6 cm³/mol. The fourth-order valence-electron chi connectivity index (χ4n) is 2.19. The standard InChI is InChI=1S/C12H14Cl2N2O/c13-9-4-8(5-10(14)6-9)12(17)16-3-1-2-11(16)7-15/h4-6,11H,1-3,7,15H2. The van der Waals surface area contributed by atoms with Crippen molar-refractivity contribution in [3.63, 3.8) is 0 Å². The van der Waals surface area contributed by atoms with Gasteiger partial charge in [-0.3, -0.25) is 4.79 Å². The monoisotopic (exact) mass is 272 g/mol. The molecular weight excluding hydrogens is 259 g/mol. The highest BCUT2D eigenvalue weighted by Crippen LogP contribution is 2.23. The normalized spacial score (nSPS) is 19.7. The number of benzene rings is 1. The summed E-state index contributed by atoms with van der Waals surface area (Å²) in [6.45, 7) is 1.25. The Labute approximate surface area is 110 Å². The molecule has 1 aliphatic rings. The number of halogens is 2. The van der Waals surface area contributed by atoms with Gasteiger partial charge in [-0.25, -0.2) is 0 Å². The van der Waals surface area contributed by atoms with Crippen LogP contribution in [0.25, 0.3) is 0 Å². The first kappa shape index (κ1) is 12.7. The van der Waals surface area contributed by atoms with Crippen molar-refractivity contribution in [3.05, 3.63) is 33.8 Å². The molecule has 0 aliphatic carbocycles. The molecule has 1 unspecified atom stereocenters. The van der Waals surface area contributed by atoms with E-state index in [1.54, 1.807) is 18.2 Å². The molecule has 1 aromatic carbocycles. The molecule has 92 valence electrons. The zero-order chi connectivity index (χ0) is 12.4. The van der Waals surface area contributed by atoms with E-state index in [-0.39, 0.29) is 11.9 Å². The minimum Gasteiger partial charge on any atom is -0.334 e. The van der Waals surface area contributed by atoms with Crippen LogP contribution in [0, 0.1) is 0 Å². The molecular formula is C12H14Cl2N2O. The Kier molecular flexibility index (Phi) is 3.92. The van der Waals surface area contributed by atoms with Crippen LogP contribution < -0.4 is 5.73 Å². The van der Waals surface area contributed by atoms with E-state index < -0.39 is 0 Å². The Balaban J connectivity index is 2.24. The third-order valence-corrected chi connectivity index (χ3v) is 3.46. The fourth-order valence-corrected chi connectivity index (χ4v) is 2.72. The Morgan fingerprint density at radius 3 is 2.59 bits per heavy atom. The highest BCUT2D eigenvalue weighted by atomic mass is 35.5. The highest BCUT2D eigenvalue weighted by molar-refractivity contribution is 6.35. The van der Waals surface area contributed by atoms with Crippen molar-refractivity contribution in [1.29, 1.82) is 0 Å². The molecule has 0 saturated carbocycles. The summed E-state index contributed by atoms with van der Waals surface area (Å²) < 4.78 is 0. The van der Waals surface area contributed by atoms with Gasteiger partial charge in [-0.2, -0.15) is 0 Å². The van der Waals surface area contributed by atoms with Crippen LogP contribution in [0.4, 0.5) is 0 Å². The molecule has 0 bridgehead atoms. The molecule has 2 N–H and O–H groups in total. The van der Waals surface area contributed by atoms with Crippen molar-refractivity contribution in [3.8, 4) is 0 Å². The SMILES string of the molecule is NCC1CCCN1C(=O)c1cc(Cl)cc(Cl)c1. The molecule has 17 heavy (non-hydrogen) atoms. The van der Waals surface area contributed by atoms with Gasteiger partial charge in [0.25, 0.3) is 5.91 Å². The maximum absolute atomic E-state index is 12.3. The van der Waals surface area contributed by atoms with E-state index in [1.807, 2.05) is 4.90 Å². The number of amides is 1. The molecule has 3 nitrogen and oxygen atoms in total. The van der Waals surface area contributed by atoms with Gasteiger partial charge in [0.05, 0.1) is 0 Å². The Hall–Kier alpha value is -0.770. The Morgan fingerprint density at radius 1 is 1.35 bits per heavy atom. The number of nitrogens with zero attached hydrogens (tertiary/aromatic N) is 1. The fraction of sp³-hybridized carbons (Fsp3) is 0.417. The first-order valence-corrected chi connectivity index (χ1v) is 6.34. The van der Waals surface area contributed by atoms with E-state index in [1.165, 1.54) is 0 Å². The second-order valence-electron chi connectivity index (χ2n) is 4.19. The number of nitrogens with two attached hydrogens (primary N) is 1. The van der Waals surface area contributed by atoms with Gasteiger partial charge in [-0.1, -0.05) is 23.2 Å². The predicted octanol–water partition coefficient (Wildman–Crippen LogP) is 2.56. The smallest absolute Gasteiger partial charge is 0.254 e. The van der Waals surface area contributed by atoms with Gasteiger partial charge in [0.15, 0.2) is 0 Å². The van der Waals surface area contributed by atoms with Crippen LogP contribution >= 0.6 is 23.2 Å². The van der Waals surface area contributed by atoms with Gasteiger partial charge in [0, 0.05) is 34.7 Å². The van der Waals surface area contributed by atoms with Gasteiger partial charge in [-0.05, 0) is 31.0 Å². The summed E-state index contributed by atoms with van der Waals surface area (Å²) in [5.41, 5.74) is 6.18. The Bertz CT molecular complexity index is 416. The van der Waals surface area contributed by atoms with Crippen LogP contribution in [-0.4, -0.2) is 29.9 Å². The van der Waals surface area contributed by atoms with Gasteiger partial charge in [0.1, 0.15) is 0 Å². The van der Waals surface area contributed by atoms with Crippen molar-refractivity contribution in [2.24, 2.45) is 5.73 Å². The number of carbonyl (C=O) groups is 1. The molecule has 5 heteroatoms. The summed E-state index contributed by atoms with van der Waals surface area (Å²) in [7, 11) is 0. The third kappa shape index (κ3) is 2.73. The lowest BCUT2D eigenvalue weighted by atomic mass is 10.1. The average molecular weight is 273 g/mol. The molecule has 1 aromatic rings. The van der Waals surface area contributed by atoms with E-state index in [0.29, 0.717) is 22.2 Å². The summed E-state index contributed by atoms with van der Waals surface area (Å²) >= 11 is 11.8. The number of rotatable bonds is 2. The summed E-state index contributed by atoms with van der Waals surface area (Å²) in [4.78, 5) is 14.1. The summed E-state index contributed by atoms with van der Waals surface area (Å²) in [5.74, 6) is -0.0395. The largest absolute Gasteiger partial charge is 0.334 e. The lowest BCUT2D eigenvalue weighted by Gasteiger charge is -2.23. The second-order valence-corrected chi connectivity index (χ2v) is 5.06. The molecule has 1 atom stereocenters. The highest BCUT2D eigenvalue weighted by Gasteiger charge is 2.28. The number of likely N-dealkylation sites (tertiary alicyclic amines) is 1. The van der Waals surface area contributed by atoms with E-state index in [9.17, 15) is 4.79 Å². The summed E-state index contributed by atoms with van der Waals surface area (Å²) in [6, 6.07) is 5.04. The molecule has 1 amide bonds. The van der Waals surface area contributed by atoms with Crippen molar-refractivity contribution in [2.75, 3.05) is 13.1 Å². The Morgan fingerprint density at radius 2 is 2.00 bits per heavy atom. The minimum absolute atomic E-state index is 0.0395. The maximum atomic E-state index is 12.3. The summed E-state index contributed by atoms with van der Waals surface area (Å²) in [6.07, 6.45) is 1.97. The molecule has 2 rings (SSSR count). The molecule has 1 saturated heterocycles. The zero-order valence-electron chi connectivity index (χ0n) is 9.33. The van der Waals surface area contributed by atoms with E-state index in [0.717, 1.165) is 19.4 Å². The van der Waals surface area contributed by atoms with Crippen LogP contribution in [0.3, 0.4) is 0 Å². The van der Waals surface area contributed by atoms with Gasteiger partial charge < -0.3 is 10.6 Å². The topological polar surface area (TPSA) is 46.3 Å². The number of hydrogen-bond donors (Lipinski definition) is 1. The molecule has 1 heterocycles. The number of hydrogen-bond acceptors (Lipinski definition) is 2. The molecule has 0 spiro atoms. The van der Waals surface area contributed by atoms with Gasteiger partial charge in [-0.15, -0.1) is 0 Å². The van der Waals surface area contributed by atoms with Gasteiger partial charge in [0.2, 0.25) is 0 Å². The third-order valence-electron chi connectivity index (χ3n) is 3.02. The van der Waals surface area contributed by atoms with Crippen molar-refractivity contribution < 1.29 is 4.79 Å². The van der Waals surface area contributed by atoms with Crippen LogP contribution in [0.1, 0.15) is 23.2 Å². The van der Waals surface area contributed by atoms with Crippen molar-refractivity contribution in [2.45, 2.75) is 18.9 Å². The zero-order valence-corrected chi connectivity index (χ0v) is 10.8. The number of carbonyl (C=O) groups excluding carboxylic acids is 1. The first-order valence-electron chi connectivity index (χ1n) is 5.59. The van der Waals surface area contributed by atoms with Crippen LogP contribution in [0.5, 0.6) is 0 Å². The second kappa shape index (κ2) is 5.25. The molecule has 1 aliphatic heterocycles. The summed E-state index contributed by atoms with van der Waals surface area (Å²) in [5, 5.41) is 0.952. The first-order chi connectivity index (χ1) is 8.11. The molecule has 0 aromatic heterocycles. The average Bonchev–Trinajstić information content (AvgIpc) is 2.74. The lowest BCUT2D eigenvalue weighted by Crippen LogP contribution is -2.39.